The number of fused-ring (bicyclic) bond motifs is 7. The predicted molar refractivity (Wildman–Crippen MR) is 163 cm³/mol. The summed E-state index contributed by atoms with van der Waals surface area (Å²) in [6.45, 7) is 24.3. The summed E-state index contributed by atoms with van der Waals surface area (Å²) < 4.78 is 5.91. The number of hydrogen-bond donors (Lipinski definition) is 1. The van der Waals surface area contributed by atoms with Crippen molar-refractivity contribution in [2.75, 3.05) is 0 Å². The fraction of sp³-hybridized carbons (Fsp3) is 0.861. The molecule has 8 atom stereocenters. The molecule has 0 heterocycles. The third-order valence-corrected chi connectivity index (χ3v) is 13.6. The van der Waals surface area contributed by atoms with Crippen molar-refractivity contribution in [3.05, 3.63) is 11.1 Å². The molecule has 0 spiro atoms. The molecule has 230 valence electrons. The van der Waals surface area contributed by atoms with Crippen molar-refractivity contribution in [1.82, 2.24) is 5.32 Å². The second-order valence-electron chi connectivity index (χ2n) is 17.4. The number of nitrogens with one attached hydrogen (secondary N) is 1. The van der Waals surface area contributed by atoms with Crippen LogP contribution in [0.3, 0.4) is 0 Å². The lowest BCUT2D eigenvalue weighted by Crippen LogP contribution is -2.66. The predicted octanol–water partition coefficient (Wildman–Crippen LogP) is 7.81. The third-order valence-electron chi connectivity index (χ3n) is 13.6. The molecule has 0 bridgehead atoms. The molecular weight excluding hydrogens is 510 g/mol. The second-order valence-corrected chi connectivity index (χ2v) is 17.4. The Bertz CT molecular complexity index is 1170. The molecule has 2 unspecified atom stereocenters. The van der Waals surface area contributed by atoms with E-state index < -0.39 is 5.41 Å². The van der Waals surface area contributed by atoms with Crippen molar-refractivity contribution in [3.63, 3.8) is 0 Å². The number of hydrogen-bond acceptors (Lipinski definition) is 4. The van der Waals surface area contributed by atoms with E-state index in [2.05, 4.69) is 53.8 Å². The molecule has 4 fully saturated rings. The first-order chi connectivity index (χ1) is 18.7. The van der Waals surface area contributed by atoms with E-state index >= 15 is 0 Å². The number of esters is 1. The van der Waals surface area contributed by atoms with E-state index in [0.717, 1.165) is 56.9 Å². The van der Waals surface area contributed by atoms with E-state index in [0.29, 0.717) is 18.3 Å². The summed E-state index contributed by atoms with van der Waals surface area (Å²) in [6, 6.07) is 0. The summed E-state index contributed by atoms with van der Waals surface area (Å²) in [5.41, 5.74) is 1.44. The van der Waals surface area contributed by atoms with Crippen LogP contribution in [0.2, 0.25) is 0 Å². The van der Waals surface area contributed by atoms with Crippen LogP contribution in [0.15, 0.2) is 11.1 Å². The minimum absolute atomic E-state index is 0.0192. The van der Waals surface area contributed by atoms with Gasteiger partial charge in [-0.1, -0.05) is 48.5 Å². The first-order valence-electron chi connectivity index (χ1n) is 16.5. The highest BCUT2D eigenvalue weighted by Crippen LogP contribution is 2.76. The number of ketones is 1. The van der Waals surface area contributed by atoms with Crippen molar-refractivity contribution in [2.45, 2.75) is 146 Å². The number of amides is 1. The Morgan fingerprint density at radius 2 is 1.54 bits per heavy atom. The van der Waals surface area contributed by atoms with Crippen LogP contribution < -0.4 is 5.32 Å². The molecule has 0 aliphatic heterocycles. The number of allylic oxidation sites excluding steroid dienone is 1. The molecule has 1 N–H and O–H groups in total. The van der Waals surface area contributed by atoms with Gasteiger partial charge in [0.2, 0.25) is 5.91 Å². The highest BCUT2D eigenvalue weighted by Gasteiger charge is 2.71. The Balaban J connectivity index is 1.56. The molecule has 5 nitrogen and oxygen atoms in total. The molecule has 5 rings (SSSR count). The van der Waals surface area contributed by atoms with Gasteiger partial charge in [-0.15, -0.1) is 0 Å². The number of carbonyl (C=O) groups excluding carboxylic acids is 3. The zero-order chi connectivity index (χ0) is 30.6. The molecule has 5 heteroatoms. The van der Waals surface area contributed by atoms with E-state index in [1.807, 2.05) is 20.8 Å². The number of carbonyl (C=O) groups is 3. The topological polar surface area (TPSA) is 72.5 Å². The van der Waals surface area contributed by atoms with Crippen LogP contribution in [0.1, 0.15) is 134 Å². The van der Waals surface area contributed by atoms with Gasteiger partial charge in [0, 0.05) is 24.3 Å². The Hall–Kier alpha value is -1.65. The van der Waals surface area contributed by atoms with Crippen molar-refractivity contribution in [2.24, 2.45) is 50.7 Å². The molecule has 5 aliphatic carbocycles. The molecule has 0 aromatic heterocycles. The lowest BCUT2D eigenvalue weighted by atomic mass is 9.33. The SMILES string of the molecule is CC(=O)O[C@H]1CC[C@@]2(C)C(CC[C@]3(C)C2CC[C@@H]2C4=C(C(C)C)C(=O)C[C@]4(C(=O)NC(C)(C)C)CC[C@]23C)C1(C)C. The maximum atomic E-state index is 14.2. The summed E-state index contributed by atoms with van der Waals surface area (Å²) in [5, 5.41) is 3.31. The van der Waals surface area contributed by atoms with Crippen molar-refractivity contribution >= 4 is 17.7 Å². The standard InChI is InChI=1S/C36H57NO4/c1-21(2)28-24(39)20-36(30(40)37-31(4,5)6)19-18-34(10)23(29(28)36)12-13-26-33(9)16-15-27(41-22(3)38)32(7,8)25(33)14-17-35(26,34)11/h21,23,25-27H,12-20H2,1-11H3,(H,37,40)/t23-,25?,26?,27+,33+,34-,35-,36-/m1/s1. The van der Waals surface area contributed by atoms with Gasteiger partial charge in [0.25, 0.3) is 0 Å². The molecular formula is C36H57NO4. The molecule has 41 heavy (non-hydrogen) atoms. The highest BCUT2D eigenvalue weighted by molar-refractivity contribution is 6.07. The highest BCUT2D eigenvalue weighted by atomic mass is 16.5. The normalized spacial score (nSPS) is 43.6. The van der Waals surface area contributed by atoms with Crippen LogP contribution in [0.25, 0.3) is 0 Å². The van der Waals surface area contributed by atoms with Crippen LogP contribution in [0.5, 0.6) is 0 Å². The summed E-state index contributed by atoms with van der Waals surface area (Å²) in [5.74, 6) is 1.57. The van der Waals surface area contributed by atoms with Gasteiger partial charge >= 0.3 is 5.97 Å². The summed E-state index contributed by atoms with van der Waals surface area (Å²) in [7, 11) is 0. The van der Waals surface area contributed by atoms with Gasteiger partial charge in [-0.2, -0.15) is 0 Å². The van der Waals surface area contributed by atoms with E-state index in [4.69, 9.17) is 4.74 Å². The fourth-order valence-corrected chi connectivity index (χ4v) is 11.7. The number of ether oxygens (including phenoxy) is 1. The van der Waals surface area contributed by atoms with Gasteiger partial charge in [0.15, 0.2) is 5.78 Å². The third kappa shape index (κ3) is 4.24. The average molecular weight is 568 g/mol. The molecule has 4 saturated carbocycles. The van der Waals surface area contributed by atoms with E-state index in [1.54, 1.807) is 6.92 Å². The molecule has 5 aliphatic rings. The quantitative estimate of drug-likeness (QED) is 0.353. The van der Waals surface area contributed by atoms with Gasteiger partial charge in [-0.3, -0.25) is 14.4 Å². The van der Waals surface area contributed by atoms with Gasteiger partial charge < -0.3 is 10.1 Å². The van der Waals surface area contributed by atoms with Crippen molar-refractivity contribution < 1.29 is 19.1 Å². The molecule has 0 saturated heterocycles. The number of rotatable bonds is 3. The fourth-order valence-electron chi connectivity index (χ4n) is 11.7. The van der Waals surface area contributed by atoms with Crippen LogP contribution in [0.4, 0.5) is 0 Å². The maximum absolute atomic E-state index is 14.2. The first-order valence-corrected chi connectivity index (χ1v) is 16.5. The first kappa shape index (κ1) is 30.8. The van der Waals surface area contributed by atoms with Gasteiger partial charge in [0.1, 0.15) is 6.10 Å². The minimum Gasteiger partial charge on any atom is -0.462 e. The molecule has 0 radical (unpaired) electrons. The Labute approximate surface area is 249 Å². The Morgan fingerprint density at radius 1 is 0.878 bits per heavy atom. The van der Waals surface area contributed by atoms with Crippen LogP contribution in [0, 0.1) is 50.7 Å². The summed E-state index contributed by atoms with van der Waals surface area (Å²) >= 11 is 0. The van der Waals surface area contributed by atoms with Gasteiger partial charge in [-0.25, -0.2) is 0 Å². The van der Waals surface area contributed by atoms with Crippen LogP contribution in [-0.2, 0) is 19.1 Å². The zero-order valence-corrected chi connectivity index (χ0v) is 27.9. The molecule has 0 aromatic rings. The Morgan fingerprint density at radius 3 is 2.12 bits per heavy atom. The van der Waals surface area contributed by atoms with E-state index in [-0.39, 0.29) is 62.8 Å². The smallest absolute Gasteiger partial charge is 0.302 e. The minimum atomic E-state index is -0.692. The zero-order valence-electron chi connectivity index (χ0n) is 27.9. The van der Waals surface area contributed by atoms with E-state index in [1.165, 1.54) is 5.57 Å². The largest absolute Gasteiger partial charge is 0.462 e. The summed E-state index contributed by atoms with van der Waals surface area (Å²) in [4.78, 5) is 39.9. The maximum Gasteiger partial charge on any atom is 0.302 e. The van der Waals surface area contributed by atoms with Crippen LogP contribution >= 0.6 is 0 Å². The average Bonchev–Trinajstić information content (AvgIpc) is 3.13. The second kappa shape index (κ2) is 9.42. The van der Waals surface area contributed by atoms with Crippen LogP contribution in [-0.4, -0.2) is 29.3 Å². The monoisotopic (exact) mass is 567 g/mol. The Kier molecular flexibility index (Phi) is 7.08. The lowest BCUT2D eigenvalue weighted by molar-refractivity contribution is -0.232. The van der Waals surface area contributed by atoms with E-state index in [9.17, 15) is 14.4 Å². The summed E-state index contributed by atoms with van der Waals surface area (Å²) in [6.07, 6.45) is 8.59. The number of Topliss-reactive ketones (excluding diaryl/α,β-unsaturated/α-hetero) is 1. The van der Waals surface area contributed by atoms with Crippen molar-refractivity contribution in [3.8, 4) is 0 Å². The molecule has 0 aromatic carbocycles. The van der Waals surface area contributed by atoms with Crippen molar-refractivity contribution in [1.29, 1.82) is 0 Å². The van der Waals surface area contributed by atoms with Gasteiger partial charge in [-0.05, 0) is 123 Å². The molecule has 1 amide bonds. The van der Waals surface area contributed by atoms with Gasteiger partial charge in [0.05, 0.1) is 5.41 Å². The lowest BCUT2D eigenvalue weighted by Gasteiger charge is -2.72.